The van der Waals surface area contributed by atoms with Crippen molar-refractivity contribution in [3.8, 4) is 5.88 Å². The number of aromatic nitrogens is 1. The number of rotatable bonds is 6. The van der Waals surface area contributed by atoms with Crippen LogP contribution in [0, 0.1) is 0 Å². The minimum absolute atomic E-state index is 0.112. The standard InChI is InChI=1S/C19H18N2O3/c1-14(16-5-3-2-4-6-16)24-18-8-7-17(12-20-18)19(22)21-11-15-9-10-23-13-15/h2-10,12-14H,11H2,1H3,(H,21,22). The van der Waals surface area contributed by atoms with Crippen molar-refractivity contribution in [3.63, 3.8) is 0 Å². The van der Waals surface area contributed by atoms with Crippen molar-refractivity contribution < 1.29 is 13.9 Å². The number of furan rings is 1. The van der Waals surface area contributed by atoms with Crippen LogP contribution in [0.5, 0.6) is 5.88 Å². The maximum absolute atomic E-state index is 12.1. The zero-order chi connectivity index (χ0) is 16.8. The van der Waals surface area contributed by atoms with Gasteiger partial charge in [-0.05, 0) is 24.6 Å². The van der Waals surface area contributed by atoms with Gasteiger partial charge in [-0.3, -0.25) is 4.79 Å². The summed E-state index contributed by atoms with van der Waals surface area (Å²) in [7, 11) is 0. The minimum Gasteiger partial charge on any atom is -0.472 e. The molecule has 0 aliphatic heterocycles. The second kappa shape index (κ2) is 7.46. The molecular weight excluding hydrogens is 304 g/mol. The summed E-state index contributed by atoms with van der Waals surface area (Å²) >= 11 is 0. The van der Waals surface area contributed by atoms with Crippen LogP contribution in [0.3, 0.4) is 0 Å². The van der Waals surface area contributed by atoms with Gasteiger partial charge in [-0.15, -0.1) is 0 Å². The summed E-state index contributed by atoms with van der Waals surface area (Å²) in [6.45, 7) is 2.38. The van der Waals surface area contributed by atoms with Crippen LogP contribution in [0.2, 0.25) is 0 Å². The number of nitrogens with one attached hydrogen (secondary N) is 1. The van der Waals surface area contributed by atoms with E-state index < -0.39 is 0 Å². The van der Waals surface area contributed by atoms with Crippen molar-refractivity contribution in [1.29, 1.82) is 0 Å². The molecule has 5 heteroatoms. The van der Waals surface area contributed by atoms with E-state index in [-0.39, 0.29) is 12.0 Å². The number of nitrogens with zero attached hydrogens (tertiary/aromatic N) is 1. The van der Waals surface area contributed by atoms with Crippen molar-refractivity contribution in [3.05, 3.63) is 83.9 Å². The molecule has 0 saturated carbocycles. The highest BCUT2D eigenvalue weighted by molar-refractivity contribution is 5.93. The van der Waals surface area contributed by atoms with E-state index >= 15 is 0 Å². The molecule has 1 N–H and O–H groups in total. The van der Waals surface area contributed by atoms with Gasteiger partial charge in [0.1, 0.15) is 6.10 Å². The lowest BCUT2D eigenvalue weighted by Crippen LogP contribution is -2.22. The summed E-state index contributed by atoms with van der Waals surface area (Å²) in [5.74, 6) is 0.295. The molecule has 24 heavy (non-hydrogen) atoms. The van der Waals surface area contributed by atoms with Crippen LogP contribution in [-0.2, 0) is 6.54 Å². The highest BCUT2D eigenvalue weighted by Gasteiger charge is 2.10. The summed E-state index contributed by atoms with van der Waals surface area (Å²) < 4.78 is 10.8. The van der Waals surface area contributed by atoms with Gasteiger partial charge in [-0.2, -0.15) is 0 Å². The van der Waals surface area contributed by atoms with Gasteiger partial charge in [0, 0.05) is 24.4 Å². The molecule has 1 atom stereocenters. The number of amides is 1. The molecule has 0 fully saturated rings. The summed E-state index contributed by atoms with van der Waals surface area (Å²) in [5.41, 5.74) is 2.47. The largest absolute Gasteiger partial charge is 0.472 e. The minimum atomic E-state index is -0.189. The molecule has 0 radical (unpaired) electrons. The van der Waals surface area contributed by atoms with Crippen LogP contribution in [0.25, 0.3) is 0 Å². The lowest BCUT2D eigenvalue weighted by molar-refractivity contribution is 0.0950. The van der Waals surface area contributed by atoms with Crippen LogP contribution < -0.4 is 10.1 Å². The third-order valence-corrected chi connectivity index (χ3v) is 3.60. The summed E-state index contributed by atoms with van der Waals surface area (Å²) in [4.78, 5) is 16.3. The molecule has 1 amide bonds. The molecule has 0 bridgehead atoms. The monoisotopic (exact) mass is 322 g/mol. The van der Waals surface area contributed by atoms with Crippen molar-refractivity contribution in [2.24, 2.45) is 0 Å². The van der Waals surface area contributed by atoms with Crippen LogP contribution >= 0.6 is 0 Å². The van der Waals surface area contributed by atoms with E-state index in [1.807, 2.05) is 37.3 Å². The van der Waals surface area contributed by atoms with Gasteiger partial charge in [0.2, 0.25) is 5.88 Å². The molecule has 3 rings (SSSR count). The smallest absolute Gasteiger partial charge is 0.253 e. The molecule has 122 valence electrons. The average Bonchev–Trinajstić information content (AvgIpc) is 3.14. The number of pyridine rings is 1. The Labute approximate surface area is 140 Å². The summed E-state index contributed by atoms with van der Waals surface area (Å²) in [6, 6.07) is 15.1. The van der Waals surface area contributed by atoms with Gasteiger partial charge in [-0.25, -0.2) is 4.98 Å². The SMILES string of the molecule is CC(Oc1ccc(C(=O)NCc2ccoc2)cn1)c1ccccc1. The molecular formula is C19H18N2O3. The van der Waals surface area contributed by atoms with E-state index in [9.17, 15) is 4.79 Å². The summed E-state index contributed by atoms with van der Waals surface area (Å²) in [5, 5.41) is 2.81. The fraction of sp³-hybridized carbons (Fsp3) is 0.158. The number of carbonyl (C=O) groups excluding carboxylic acids is 1. The normalized spacial score (nSPS) is 11.7. The fourth-order valence-electron chi connectivity index (χ4n) is 2.24. The quantitative estimate of drug-likeness (QED) is 0.751. The third kappa shape index (κ3) is 4.01. The van der Waals surface area contributed by atoms with Crippen LogP contribution in [-0.4, -0.2) is 10.9 Å². The van der Waals surface area contributed by atoms with Gasteiger partial charge in [0.15, 0.2) is 0 Å². The van der Waals surface area contributed by atoms with Crippen molar-refractivity contribution >= 4 is 5.91 Å². The van der Waals surface area contributed by atoms with E-state index in [2.05, 4.69) is 10.3 Å². The fourth-order valence-corrected chi connectivity index (χ4v) is 2.24. The molecule has 1 aromatic carbocycles. The van der Waals surface area contributed by atoms with Gasteiger partial charge < -0.3 is 14.5 Å². The van der Waals surface area contributed by atoms with Gasteiger partial charge in [-0.1, -0.05) is 30.3 Å². The number of hydrogen-bond donors (Lipinski definition) is 1. The van der Waals surface area contributed by atoms with Crippen LogP contribution in [0.4, 0.5) is 0 Å². The highest BCUT2D eigenvalue weighted by atomic mass is 16.5. The first-order valence-electron chi connectivity index (χ1n) is 7.69. The Balaban J connectivity index is 1.57. The van der Waals surface area contributed by atoms with E-state index in [0.717, 1.165) is 11.1 Å². The van der Waals surface area contributed by atoms with Crippen LogP contribution in [0.1, 0.15) is 34.5 Å². The first kappa shape index (κ1) is 15.8. The van der Waals surface area contributed by atoms with E-state index in [0.29, 0.717) is 18.0 Å². The molecule has 0 spiro atoms. The molecule has 1 unspecified atom stereocenters. The average molecular weight is 322 g/mol. The van der Waals surface area contributed by atoms with Gasteiger partial charge >= 0.3 is 0 Å². The molecule has 5 nitrogen and oxygen atoms in total. The van der Waals surface area contributed by atoms with Crippen molar-refractivity contribution in [2.75, 3.05) is 0 Å². The predicted molar refractivity (Wildman–Crippen MR) is 89.6 cm³/mol. The topological polar surface area (TPSA) is 64.4 Å². The zero-order valence-electron chi connectivity index (χ0n) is 13.3. The maximum atomic E-state index is 12.1. The zero-order valence-corrected chi connectivity index (χ0v) is 13.3. The summed E-state index contributed by atoms with van der Waals surface area (Å²) in [6.07, 6.45) is 4.57. The first-order valence-corrected chi connectivity index (χ1v) is 7.69. The molecule has 0 aliphatic carbocycles. The first-order chi connectivity index (χ1) is 11.7. The Kier molecular flexibility index (Phi) is 4.91. The van der Waals surface area contributed by atoms with Gasteiger partial charge in [0.05, 0.1) is 18.1 Å². The van der Waals surface area contributed by atoms with Crippen LogP contribution in [0.15, 0.2) is 71.7 Å². The van der Waals surface area contributed by atoms with E-state index in [1.165, 1.54) is 6.20 Å². The predicted octanol–water partition coefficient (Wildman–Crippen LogP) is 3.74. The second-order valence-electron chi connectivity index (χ2n) is 5.37. The van der Waals surface area contributed by atoms with E-state index in [1.54, 1.807) is 30.7 Å². The molecule has 3 aromatic rings. The number of hydrogen-bond acceptors (Lipinski definition) is 4. The maximum Gasteiger partial charge on any atom is 0.253 e. The molecule has 2 heterocycles. The van der Waals surface area contributed by atoms with Gasteiger partial charge in [0.25, 0.3) is 5.91 Å². The Morgan fingerprint density at radius 1 is 1.21 bits per heavy atom. The van der Waals surface area contributed by atoms with Crippen molar-refractivity contribution in [1.82, 2.24) is 10.3 Å². The van der Waals surface area contributed by atoms with Crippen molar-refractivity contribution in [2.45, 2.75) is 19.6 Å². The third-order valence-electron chi connectivity index (χ3n) is 3.60. The van der Waals surface area contributed by atoms with E-state index in [4.69, 9.17) is 9.15 Å². The molecule has 0 saturated heterocycles. The Morgan fingerprint density at radius 3 is 2.71 bits per heavy atom. The molecule has 2 aromatic heterocycles. The lowest BCUT2D eigenvalue weighted by Gasteiger charge is -2.14. The molecule has 0 aliphatic rings. The highest BCUT2D eigenvalue weighted by Crippen LogP contribution is 2.19. The Morgan fingerprint density at radius 2 is 2.04 bits per heavy atom. The number of carbonyl (C=O) groups is 1. The number of benzene rings is 1. The Bertz CT molecular complexity index is 768. The number of ether oxygens (including phenoxy) is 1. The lowest BCUT2D eigenvalue weighted by atomic mass is 10.1. The Hall–Kier alpha value is -3.08. The second-order valence-corrected chi connectivity index (χ2v) is 5.37.